The Morgan fingerprint density at radius 2 is 1.82 bits per heavy atom. The van der Waals surface area contributed by atoms with Crippen LogP contribution < -0.4 is 11.1 Å². The fourth-order valence-electron chi connectivity index (χ4n) is 4.12. The summed E-state index contributed by atoms with van der Waals surface area (Å²) in [6, 6.07) is 14.8. The highest BCUT2D eigenvalue weighted by molar-refractivity contribution is 5.95. The molecule has 0 radical (unpaired) electrons. The standard InChI is InChI=1S/C26H31N5O3/c1-26(2,3)20-10-6-18(7-11-20)24-29-22(34-30-24)16-31-14-4-5-19(15-31)25(33)28-21-12-8-17(9-13-21)23(27)32/h6-13,19H,4-5,14-16H2,1-3H3,(H2,27,32)(H,28,33). The predicted octanol–water partition coefficient (Wildman–Crippen LogP) is 3.98. The molecule has 0 spiro atoms. The van der Waals surface area contributed by atoms with Crippen molar-refractivity contribution >= 4 is 17.5 Å². The fourth-order valence-corrected chi connectivity index (χ4v) is 4.12. The molecule has 1 saturated heterocycles. The van der Waals surface area contributed by atoms with Crippen molar-refractivity contribution in [2.75, 3.05) is 18.4 Å². The molecule has 1 aromatic heterocycles. The first-order valence-corrected chi connectivity index (χ1v) is 11.6. The first-order valence-electron chi connectivity index (χ1n) is 11.6. The zero-order valence-electron chi connectivity index (χ0n) is 19.9. The van der Waals surface area contributed by atoms with E-state index >= 15 is 0 Å². The summed E-state index contributed by atoms with van der Waals surface area (Å²) in [5.74, 6) is 0.435. The molecule has 1 unspecified atom stereocenters. The molecule has 8 heteroatoms. The van der Waals surface area contributed by atoms with Crippen molar-refractivity contribution in [1.29, 1.82) is 0 Å². The minimum absolute atomic E-state index is 0.0401. The van der Waals surface area contributed by atoms with Crippen LogP contribution in [0.5, 0.6) is 0 Å². The molecule has 4 rings (SSSR count). The molecule has 0 aliphatic carbocycles. The third kappa shape index (κ3) is 5.69. The molecule has 2 aromatic carbocycles. The highest BCUT2D eigenvalue weighted by Gasteiger charge is 2.27. The average Bonchev–Trinajstić information content (AvgIpc) is 3.27. The van der Waals surface area contributed by atoms with Crippen molar-refractivity contribution in [3.63, 3.8) is 0 Å². The SMILES string of the molecule is CC(C)(C)c1ccc(-c2noc(CN3CCCC(C(=O)Nc4ccc(C(N)=O)cc4)C3)n2)cc1. The molecule has 1 aliphatic heterocycles. The second kappa shape index (κ2) is 9.77. The number of piperidine rings is 1. The molecule has 2 heterocycles. The van der Waals surface area contributed by atoms with Crippen LogP contribution in [-0.4, -0.2) is 39.9 Å². The number of aromatic nitrogens is 2. The van der Waals surface area contributed by atoms with Gasteiger partial charge in [-0.15, -0.1) is 0 Å². The summed E-state index contributed by atoms with van der Waals surface area (Å²) in [5, 5.41) is 7.08. The normalized spacial score (nSPS) is 16.9. The summed E-state index contributed by atoms with van der Waals surface area (Å²) >= 11 is 0. The Bertz CT molecular complexity index is 1150. The van der Waals surface area contributed by atoms with Crippen LogP contribution >= 0.6 is 0 Å². The average molecular weight is 462 g/mol. The Labute approximate surface area is 199 Å². The molecule has 1 aliphatic rings. The van der Waals surface area contributed by atoms with Crippen molar-refractivity contribution in [3.05, 3.63) is 65.5 Å². The zero-order valence-corrected chi connectivity index (χ0v) is 19.9. The maximum absolute atomic E-state index is 12.8. The lowest BCUT2D eigenvalue weighted by atomic mass is 9.87. The molecule has 0 bridgehead atoms. The van der Waals surface area contributed by atoms with Crippen LogP contribution in [0, 0.1) is 5.92 Å². The van der Waals surface area contributed by atoms with E-state index in [0.29, 0.717) is 36.1 Å². The van der Waals surface area contributed by atoms with Gasteiger partial charge in [0.2, 0.25) is 23.5 Å². The Hall–Kier alpha value is -3.52. The Morgan fingerprint density at radius 3 is 2.47 bits per heavy atom. The quantitative estimate of drug-likeness (QED) is 0.574. The van der Waals surface area contributed by atoms with Gasteiger partial charge in [-0.25, -0.2) is 0 Å². The van der Waals surface area contributed by atoms with E-state index in [4.69, 9.17) is 10.3 Å². The number of hydrogen-bond acceptors (Lipinski definition) is 6. The predicted molar refractivity (Wildman–Crippen MR) is 130 cm³/mol. The van der Waals surface area contributed by atoms with Crippen LogP contribution in [0.1, 0.15) is 55.4 Å². The minimum Gasteiger partial charge on any atom is -0.366 e. The molecular weight excluding hydrogens is 430 g/mol. The van der Waals surface area contributed by atoms with Gasteiger partial charge in [-0.2, -0.15) is 4.98 Å². The Kier molecular flexibility index (Phi) is 6.79. The monoisotopic (exact) mass is 461 g/mol. The van der Waals surface area contributed by atoms with Gasteiger partial charge >= 0.3 is 0 Å². The molecule has 34 heavy (non-hydrogen) atoms. The van der Waals surface area contributed by atoms with Crippen molar-refractivity contribution in [2.24, 2.45) is 11.7 Å². The van der Waals surface area contributed by atoms with Crippen molar-refractivity contribution in [3.8, 4) is 11.4 Å². The first kappa shape index (κ1) is 23.6. The van der Waals surface area contributed by atoms with E-state index in [2.05, 4.69) is 53.3 Å². The number of primary amides is 1. The molecule has 178 valence electrons. The second-order valence-electron chi connectivity index (χ2n) is 9.84. The molecule has 0 saturated carbocycles. The van der Waals surface area contributed by atoms with Gasteiger partial charge in [0.05, 0.1) is 12.5 Å². The van der Waals surface area contributed by atoms with Gasteiger partial charge in [-0.3, -0.25) is 14.5 Å². The third-order valence-electron chi connectivity index (χ3n) is 6.15. The number of hydrogen-bond donors (Lipinski definition) is 2. The lowest BCUT2D eigenvalue weighted by Crippen LogP contribution is -2.40. The summed E-state index contributed by atoms with van der Waals surface area (Å²) in [7, 11) is 0. The fraction of sp³-hybridized carbons (Fsp3) is 0.385. The second-order valence-corrected chi connectivity index (χ2v) is 9.84. The molecule has 1 fully saturated rings. The summed E-state index contributed by atoms with van der Waals surface area (Å²) < 4.78 is 5.50. The van der Waals surface area contributed by atoms with Gasteiger partial charge < -0.3 is 15.6 Å². The molecule has 8 nitrogen and oxygen atoms in total. The molecule has 3 aromatic rings. The van der Waals surface area contributed by atoms with Gasteiger partial charge in [0.25, 0.3) is 0 Å². The van der Waals surface area contributed by atoms with E-state index in [-0.39, 0.29) is 17.2 Å². The Morgan fingerprint density at radius 1 is 1.12 bits per heavy atom. The number of carbonyl (C=O) groups excluding carboxylic acids is 2. The van der Waals surface area contributed by atoms with Crippen LogP contribution in [0.2, 0.25) is 0 Å². The van der Waals surface area contributed by atoms with Gasteiger partial charge in [0.15, 0.2) is 0 Å². The summed E-state index contributed by atoms with van der Waals surface area (Å²) in [5.41, 5.74) is 8.58. The summed E-state index contributed by atoms with van der Waals surface area (Å²) in [4.78, 5) is 30.7. The number of rotatable bonds is 6. The maximum Gasteiger partial charge on any atom is 0.248 e. The van der Waals surface area contributed by atoms with E-state index < -0.39 is 5.91 Å². The van der Waals surface area contributed by atoms with E-state index in [1.807, 2.05) is 12.1 Å². The van der Waals surface area contributed by atoms with E-state index in [1.165, 1.54) is 5.56 Å². The topological polar surface area (TPSA) is 114 Å². The summed E-state index contributed by atoms with van der Waals surface area (Å²) in [6.07, 6.45) is 1.73. The Balaban J connectivity index is 1.34. The molecule has 2 amide bonds. The van der Waals surface area contributed by atoms with Gasteiger partial charge in [-0.05, 0) is 54.6 Å². The largest absolute Gasteiger partial charge is 0.366 e. The van der Waals surface area contributed by atoms with E-state index in [1.54, 1.807) is 24.3 Å². The van der Waals surface area contributed by atoms with Crippen molar-refractivity contribution in [2.45, 2.75) is 45.6 Å². The number of nitrogens with one attached hydrogen (secondary N) is 1. The number of likely N-dealkylation sites (tertiary alicyclic amines) is 1. The van der Waals surface area contributed by atoms with Gasteiger partial charge in [-0.1, -0.05) is 50.2 Å². The van der Waals surface area contributed by atoms with Crippen LogP contribution in [0.25, 0.3) is 11.4 Å². The van der Waals surface area contributed by atoms with E-state index in [9.17, 15) is 9.59 Å². The highest BCUT2D eigenvalue weighted by Crippen LogP contribution is 2.26. The number of nitrogens with two attached hydrogens (primary N) is 1. The molecule has 3 N–H and O–H groups in total. The highest BCUT2D eigenvalue weighted by atomic mass is 16.5. The maximum atomic E-state index is 12.8. The minimum atomic E-state index is -0.494. The van der Waals surface area contributed by atoms with Crippen LogP contribution in [0.3, 0.4) is 0 Å². The van der Waals surface area contributed by atoms with Gasteiger partial charge in [0.1, 0.15) is 0 Å². The zero-order chi connectivity index (χ0) is 24.3. The first-order chi connectivity index (χ1) is 16.2. The van der Waals surface area contributed by atoms with Crippen LogP contribution in [-0.2, 0) is 16.8 Å². The molecular formula is C26H31N5O3. The smallest absolute Gasteiger partial charge is 0.248 e. The van der Waals surface area contributed by atoms with E-state index in [0.717, 1.165) is 24.9 Å². The molecule has 1 atom stereocenters. The number of amides is 2. The number of nitrogens with zero attached hydrogens (tertiary/aromatic N) is 3. The summed E-state index contributed by atoms with van der Waals surface area (Å²) in [6.45, 7) is 8.53. The van der Waals surface area contributed by atoms with Crippen molar-refractivity contribution in [1.82, 2.24) is 15.0 Å². The lowest BCUT2D eigenvalue weighted by molar-refractivity contribution is -0.121. The van der Waals surface area contributed by atoms with Gasteiger partial charge in [0, 0.05) is 23.4 Å². The van der Waals surface area contributed by atoms with Crippen LogP contribution in [0.4, 0.5) is 5.69 Å². The van der Waals surface area contributed by atoms with Crippen molar-refractivity contribution < 1.29 is 14.1 Å². The number of carbonyl (C=O) groups is 2. The lowest BCUT2D eigenvalue weighted by Gasteiger charge is -2.30. The third-order valence-corrected chi connectivity index (χ3v) is 6.15. The number of anilines is 1. The van der Waals surface area contributed by atoms with Crippen LogP contribution in [0.15, 0.2) is 53.1 Å². The number of benzene rings is 2.